The van der Waals surface area contributed by atoms with Gasteiger partial charge in [-0.15, -0.1) is 0 Å². The topological polar surface area (TPSA) is 63.0 Å². The maximum absolute atomic E-state index is 11.4. The van der Waals surface area contributed by atoms with Crippen LogP contribution < -0.4 is 0 Å². The highest BCUT2D eigenvalue weighted by atomic mass is 16.5. The number of rotatable bonds is 3. The van der Waals surface area contributed by atoms with Crippen LogP contribution in [0.15, 0.2) is 18.5 Å². The summed E-state index contributed by atoms with van der Waals surface area (Å²) in [4.78, 5) is 15.3. The molecule has 0 fully saturated rings. The Balaban J connectivity index is 3.02. The molecule has 1 atom stereocenters. The third-order valence-corrected chi connectivity index (χ3v) is 2.18. The Morgan fingerprint density at radius 2 is 2.40 bits per heavy atom. The van der Waals surface area contributed by atoms with Gasteiger partial charge in [0, 0.05) is 12.4 Å². The fraction of sp³-hybridized carbons (Fsp3) is 0.364. The third kappa shape index (κ3) is 2.53. The normalized spacial score (nSPS) is 11.5. The molecule has 0 saturated heterocycles. The van der Waals surface area contributed by atoms with E-state index >= 15 is 0 Å². The number of hydrogen-bond acceptors (Lipinski definition) is 4. The number of nitriles is 1. The standard InChI is InChI=1S/C11H12N2O2/c1-3-10(11(14)15-2)9-4-8(5-12)6-13-7-9/h4,6-7,10H,3H2,1-2H3. The van der Waals surface area contributed by atoms with Gasteiger partial charge in [-0.2, -0.15) is 5.26 Å². The smallest absolute Gasteiger partial charge is 0.313 e. The summed E-state index contributed by atoms with van der Waals surface area (Å²) in [6, 6.07) is 3.65. The number of esters is 1. The van der Waals surface area contributed by atoms with Crippen LogP contribution in [-0.2, 0) is 9.53 Å². The zero-order valence-corrected chi connectivity index (χ0v) is 8.73. The second kappa shape index (κ2) is 5.11. The molecular weight excluding hydrogens is 192 g/mol. The fourth-order valence-electron chi connectivity index (χ4n) is 1.39. The molecule has 0 bridgehead atoms. The first-order chi connectivity index (χ1) is 7.22. The molecule has 0 N–H and O–H groups in total. The molecule has 0 radical (unpaired) electrons. The molecular formula is C11H12N2O2. The number of methoxy groups -OCH3 is 1. The van der Waals surface area contributed by atoms with E-state index in [0.717, 1.165) is 5.56 Å². The van der Waals surface area contributed by atoms with Crippen LogP contribution in [0.1, 0.15) is 30.4 Å². The van der Waals surface area contributed by atoms with Crippen LogP contribution in [0, 0.1) is 11.3 Å². The lowest BCUT2D eigenvalue weighted by Crippen LogP contribution is -2.13. The fourth-order valence-corrected chi connectivity index (χ4v) is 1.39. The van der Waals surface area contributed by atoms with Crippen molar-refractivity contribution >= 4 is 5.97 Å². The highest BCUT2D eigenvalue weighted by Crippen LogP contribution is 2.20. The van der Waals surface area contributed by atoms with Crippen LogP contribution in [0.3, 0.4) is 0 Å². The van der Waals surface area contributed by atoms with Gasteiger partial charge in [-0.05, 0) is 18.1 Å². The van der Waals surface area contributed by atoms with Crippen LogP contribution in [0.2, 0.25) is 0 Å². The largest absolute Gasteiger partial charge is 0.469 e. The van der Waals surface area contributed by atoms with Crippen molar-refractivity contribution in [1.29, 1.82) is 5.26 Å². The van der Waals surface area contributed by atoms with Crippen molar-refractivity contribution in [2.24, 2.45) is 0 Å². The Kier molecular flexibility index (Phi) is 3.81. The summed E-state index contributed by atoms with van der Waals surface area (Å²) < 4.78 is 4.68. The van der Waals surface area contributed by atoms with Gasteiger partial charge in [-0.25, -0.2) is 0 Å². The number of ether oxygens (including phenoxy) is 1. The minimum Gasteiger partial charge on any atom is -0.469 e. The first-order valence-electron chi connectivity index (χ1n) is 4.65. The molecule has 15 heavy (non-hydrogen) atoms. The number of pyridine rings is 1. The molecule has 78 valence electrons. The third-order valence-electron chi connectivity index (χ3n) is 2.18. The minimum atomic E-state index is -0.337. The molecule has 1 aromatic rings. The van der Waals surface area contributed by atoms with Crippen molar-refractivity contribution in [2.45, 2.75) is 19.3 Å². The first-order valence-corrected chi connectivity index (χ1v) is 4.65. The summed E-state index contributed by atoms with van der Waals surface area (Å²) in [5.74, 6) is -0.634. The molecule has 0 aliphatic rings. The first kappa shape index (κ1) is 11.2. The van der Waals surface area contributed by atoms with Crippen LogP contribution in [-0.4, -0.2) is 18.1 Å². The Bertz CT molecular complexity index is 396. The van der Waals surface area contributed by atoms with Crippen molar-refractivity contribution in [1.82, 2.24) is 4.98 Å². The Hall–Kier alpha value is -1.89. The lowest BCUT2D eigenvalue weighted by Gasteiger charge is -2.11. The highest BCUT2D eigenvalue weighted by molar-refractivity contribution is 5.77. The van der Waals surface area contributed by atoms with E-state index in [9.17, 15) is 4.79 Å². The van der Waals surface area contributed by atoms with Crippen LogP contribution in [0.25, 0.3) is 0 Å². The van der Waals surface area contributed by atoms with Crippen LogP contribution in [0.5, 0.6) is 0 Å². The molecule has 1 aromatic heterocycles. The summed E-state index contributed by atoms with van der Waals surface area (Å²) in [5.41, 5.74) is 1.18. The van der Waals surface area contributed by atoms with Crippen LogP contribution >= 0.6 is 0 Å². The summed E-state index contributed by atoms with van der Waals surface area (Å²) in [6.45, 7) is 1.89. The van der Waals surface area contributed by atoms with Gasteiger partial charge in [0.15, 0.2) is 0 Å². The second-order valence-corrected chi connectivity index (χ2v) is 3.10. The molecule has 0 aliphatic heterocycles. The van der Waals surface area contributed by atoms with Gasteiger partial charge in [0.05, 0.1) is 18.6 Å². The van der Waals surface area contributed by atoms with E-state index in [1.165, 1.54) is 13.3 Å². The van der Waals surface area contributed by atoms with Crippen molar-refractivity contribution in [3.63, 3.8) is 0 Å². The molecule has 0 amide bonds. The molecule has 1 rings (SSSR count). The van der Waals surface area contributed by atoms with Gasteiger partial charge >= 0.3 is 5.97 Å². The summed E-state index contributed by atoms with van der Waals surface area (Å²) in [6.07, 6.45) is 3.68. The molecule has 0 aromatic carbocycles. The number of carbonyl (C=O) groups excluding carboxylic acids is 1. The van der Waals surface area contributed by atoms with E-state index in [0.29, 0.717) is 12.0 Å². The van der Waals surface area contributed by atoms with E-state index in [1.54, 1.807) is 12.3 Å². The van der Waals surface area contributed by atoms with Crippen molar-refractivity contribution in [3.05, 3.63) is 29.6 Å². The average molecular weight is 204 g/mol. The lowest BCUT2D eigenvalue weighted by atomic mass is 9.97. The van der Waals surface area contributed by atoms with Gasteiger partial charge < -0.3 is 4.74 Å². The number of hydrogen-bond donors (Lipinski definition) is 0. The number of aromatic nitrogens is 1. The predicted octanol–water partition coefficient (Wildman–Crippen LogP) is 1.62. The van der Waals surface area contributed by atoms with Crippen molar-refractivity contribution < 1.29 is 9.53 Å². The minimum absolute atomic E-state index is 0.297. The molecule has 0 aliphatic carbocycles. The highest BCUT2D eigenvalue weighted by Gasteiger charge is 2.19. The Labute approximate surface area is 88.5 Å². The van der Waals surface area contributed by atoms with E-state index in [1.807, 2.05) is 13.0 Å². The maximum Gasteiger partial charge on any atom is 0.313 e. The second-order valence-electron chi connectivity index (χ2n) is 3.10. The van der Waals surface area contributed by atoms with Gasteiger partial charge in [0.1, 0.15) is 6.07 Å². The van der Waals surface area contributed by atoms with Crippen molar-refractivity contribution in [3.8, 4) is 6.07 Å². The molecule has 0 saturated carbocycles. The van der Waals surface area contributed by atoms with Gasteiger partial charge in [0.2, 0.25) is 0 Å². The zero-order valence-electron chi connectivity index (χ0n) is 8.73. The van der Waals surface area contributed by atoms with E-state index in [2.05, 4.69) is 9.72 Å². The van der Waals surface area contributed by atoms with Gasteiger partial charge in [0.25, 0.3) is 0 Å². The Morgan fingerprint density at radius 3 is 2.93 bits per heavy atom. The van der Waals surface area contributed by atoms with Crippen molar-refractivity contribution in [2.75, 3.05) is 7.11 Å². The summed E-state index contributed by atoms with van der Waals surface area (Å²) >= 11 is 0. The van der Waals surface area contributed by atoms with Crippen LogP contribution in [0.4, 0.5) is 0 Å². The van der Waals surface area contributed by atoms with Gasteiger partial charge in [-0.3, -0.25) is 9.78 Å². The average Bonchev–Trinajstić information content (AvgIpc) is 2.30. The Morgan fingerprint density at radius 1 is 1.67 bits per heavy atom. The number of carbonyl (C=O) groups is 1. The monoisotopic (exact) mass is 204 g/mol. The maximum atomic E-state index is 11.4. The summed E-state index contributed by atoms with van der Waals surface area (Å²) in [5, 5.41) is 8.71. The van der Waals surface area contributed by atoms with E-state index in [-0.39, 0.29) is 11.9 Å². The number of nitrogens with zero attached hydrogens (tertiary/aromatic N) is 2. The molecule has 0 spiro atoms. The van der Waals surface area contributed by atoms with E-state index in [4.69, 9.17) is 5.26 Å². The molecule has 4 heteroatoms. The summed E-state index contributed by atoms with van der Waals surface area (Å²) in [7, 11) is 1.35. The zero-order chi connectivity index (χ0) is 11.3. The quantitative estimate of drug-likeness (QED) is 0.702. The molecule has 1 unspecified atom stereocenters. The molecule has 4 nitrogen and oxygen atoms in total. The SMILES string of the molecule is CCC(C(=O)OC)c1cncc(C#N)c1. The molecule has 1 heterocycles. The van der Waals surface area contributed by atoms with Gasteiger partial charge in [-0.1, -0.05) is 6.92 Å². The lowest BCUT2D eigenvalue weighted by molar-refractivity contribution is -0.142. The predicted molar refractivity (Wildman–Crippen MR) is 54.0 cm³/mol. The van der Waals surface area contributed by atoms with E-state index < -0.39 is 0 Å².